The van der Waals surface area contributed by atoms with E-state index in [4.69, 9.17) is 0 Å². The van der Waals surface area contributed by atoms with Crippen molar-refractivity contribution in [3.8, 4) is 0 Å². The molecule has 4 rings (SSSR count). The van der Waals surface area contributed by atoms with Crippen molar-refractivity contribution in [3.05, 3.63) is 46.9 Å². The zero-order chi connectivity index (χ0) is 16.0. The van der Waals surface area contributed by atoms with Gasteiger partial charge in [0.05, 0.1) is 16.4 Å². The Bertz CT molecular complexity index is 821. The van der Waals surface area contributed by atoms with Gasteiger partial charge in [0.1, 0.15) is 5.69 Å². The average molecular weight is 349 g/mol. The van der Waals surface area contributed by atoms with Gasteiger partial charge in [-0.05, 0) is 12.1 Å². The maximum absolute atomic E-state index is 12.7. The van der Waals surface area contributed by atoms with Crippen LogP contribution in [0.25, 0.3) is 0 Å². The minimum Gasteiger partial charge on any atom is -0.332 e. The SMILES string of the molecule is O=C(c1cscn1)N1C[C@H]2CN(S(=O)(=O)c3ccccc3)C[C@@H]21. The van der Waals surface area contributed by atoms with E-state index in [1.54, 1.807) is 46.1 Å². The second-order valence-electron chi connectivity index (χ2n) is 5.79. The molecule has 120 valence electrons. The smallest absolute Gasteiger partial charge is 0.273 e. The first-order valence-electron chi connectivity index (χ1n) is 7.32. The third kappa shape index (κ3) is 2.37. The molecule has 2 saturated heterocycles. The second kappa shape index (κ2) is 5.40. The first-order chi connectivity index (χ1) is 11.1. The van der Waals surface area contributed by atoms with Crippen molar-refractivity contribution in [2.75, 3.05) is 19.6 Å². The number of hydrogen-bond donors (Lipinski definition) is 0. The third-order valence-electron chi connectivity index (χ3n) is 4.50. The fourth-order valence-corrected chi connectivity index (χ4v) is 5.30. The molecule has 2 aliphatic heterocycles. The zero-order valence-corrected chi connectivity index (χ0v) is 13.8. The van der Waals surface area contributed by atoms with E-state index in [1.165, 1.54) is 15.6 Å². The zero-order valence-electron chi connectivity index (χ0n) is 12.2. The minimum atomic E-state index is -3.49. The summed E-state index contributed by atoms with van der Waals surface area (Å²) in [5.74, 6) is 0.113. The summed E-state index contributed by atoms with van der Waals surface area (Å²) in [6, 6.07) is 8.40. The highest BCUT2D eigenvalue weighted by Gasteiger charge is 2.51. The lowest BCUT2D eigenvalue weighted by Gasteiger charge is -2.43. The number of sulfonamides is 1. The Morgan fingerprint density at radius 3 is 2.65 bits per heavy atom. The number of aromatic nitrogens is 1. The Kier molecular flexibility index (Phi) is 3.47. The number of benzene rings is 1. The molecule has 6 nitrogen and oxygen atoms in total. The summed E-state index contributed by atoms with van der Waals surface area (Å²) in [5, 5.41) is 1.73. The number of rotatable bonds is 3. The molecule has 8 heteroatoms. The number of likely N-dealkylation sites (tertiary alicyclic amines) is 1. The topological polar surface area (TPSA) is 70.6 Å². The van der Waals surface area contributed by atoms with Gasteiger partial charge in [0.15, 0.2) is 0 Å². The van der Waals surface area contributed by atoms with E-state index in [0.717, 1.165) is 0 Å². The molecule has 2 fully saturated rings. The first-order valence-corrected chi connectivity index (χ1v) is 9.70. The molecule has 2 aliphatic rings. The highest BCUT2D eigenvalue weighted by molar-refractivity contribution is 7.89. The maximum Gasteiger partial charge on any atom is 0.273 e. The predicted molar refractivity (Wildman–Crippen MR) is 85.6 cm³/mol. The van der Waals surface area contributed by atoms with Gasteiger partial charge >= 0.3 is 0 Å². The van der Waals surface area contributed by atoms with Gasteiger partial charge in [-0.3, -0.25) is 4.79 Å². The summed E-state index contributed by atoms with van der Waals surface area (Å²) in [4.78, 5) is 18.4. The number of nitrogens with zero attached hydrogens (tertiary/aromatic N) is 3. The molecule has 2 atom stereocenters. The van der Waals surface area contributed by atoms with Crippen LogP contribution in [0.15, 0.2) is 46.1 Å². The van der Waals surface area contributed by atoms with Crippen molar-refractivity contribution in [1.82, 2.24) is 14.2 Å². The van der Waals surface area contributed by atoms with Gasteiger partial charge in [-0.15, -0.1) is 11.3 Å². The van der Waals surface area contributed by atoms with E-state index in [2.05, 4.69) is 4.98 Å². The van der Waals surface area contributed by atoms with Crippen LogP contribution < -0.4 is 0 Å². The fraction of sp³-hybridized carbons (Fsp3) is 0.333. The summed E-state index contributed by atoms with van der Waals surface area (Å²) < 4.78 is 26.8. The van der Waals surface area contributed by atoms with Crippen molar-refractivity contribution in [2.24, 2.45) is 5.92 Å². The van der Waals surface area contributed by atoms with E-state index in [1.807, 2.05) is 0 Å². The molecule has 2 aromatic rings. The van der Waals surface area contributed by atoms with Crippen molar-refractivity contribution >= 4 is 27.3 Å². The van der Waals surface area contributed by atoms with Crippen LogP contribution in [-0.2, 0) is 10.0 Å². The molecule has 0 spiro atoms. The Balaban J connectivity index is 1.51. The lowest BCUT2D eigenvalue weighted by Crippen LogP contribution is -2.58. The number of amides is 1. The molecule has 1 aromatic heterocycles. The molecule has 3 heterocycles. The lowest BCUT2D eigenvalue weighted by molar-refractivity contribution is 0.0322. The van der Waals surface area contributed by atoms with Crippen molar-refractivity contribution in [2.45, 2.75) is 10.9 Å². The molecule has 0 saturated carbocycles. The van der Waals surface area contributed by atoms with Crippen molar-refractivity contribution in [3.63, 3.8) is 0 Å². The largest absolute Gasteiger partial charge is 0.332 e. The van der Waals surface area contributed by atoms with E-state index in [9.17, 15) is 13.2 Å². The van der Waals surface area contributed by atoms with E-state index >= 15 is 0 Å². The number of hydrogen-bond acceptors (Lipinski definition) is 5. The standard InChI is InChI=1S/C15H15N3O3S2/c19-15(13-9-22-10-16-13)18-7-11-6-17(8-14(11)18)23(20,21)12-4-2-1-3-5-12/h1-5,9-11,14H,6-8H2/t11-,14+/m1/s1. The molecule has 1 amide bonds. The maximum atomic E-state index is 12.7. The van der Waals surface area contributed by atoms with Crippen LogP contribution in [0.2, 0.25) is 0 Å². The summed E-state index contributed by atoms with van der Waals surface area (Å²) in [6.07, 6.45) is 0. The Labute approximate surface area is 138 Å². The van der Waals surface area contributed by atoms with Gasteiger partial charge in [-0.2, -0.15) is 4.31 Å². The van der Waals surface area contributed by atoms with Gasteiger partial charge in [0, 0.05) is 30.9 Å². The number of carbonyl (C=O) groups is 1. The number of carbonyl (C=O) groups excluding carboxylic acids is 1. The van der Waals surface area contributed by atoms with Gasteiger partial charge in [-0.25, -0.2) is 13.4 Å². The Hall–Kier alpha value is -1.77. The van der Waals surface area contributed by atoms with Crippen LogP contribution in [0.1, 0.15) is 10.5 Å². The van der Waals surface area contributed by atoms with Crippen molar-refractivity contribution in [1.29, 1.82) is 0 Å². The Morgan fingerprint density at radius 2 is 1.96 bits per heavy atom. The minimum absolute atomic E-state index is 0.0392. The second-order valence-corrected chi connectivity index (χ2v) is 8.45. The van der Waals surface area contributed by atoms with Crippen LogP contribution in [-0.4, -0.2) is 54.2 Å². The van der Waals surface area contributed by atoms with Crippen LogP contribution >= 0.6 is 11.3 Å². The molecule has 0 bridgehead atoms. The van der Waals surface area contributed by atoms with Crippen LogP contribution in [0.5, 0.6) is 0 Å². The third-order valence-corrected chi connectivity index (χ3v) is 6.93. The summed E-state index contributed by atoms with van der Waals surface area (Å²) in [5.41, 5.74) is 2.07. The average Bonchev–Trinajstić information content (AvgIpc) is 3.17. The van der Waals surface area contributed by atoms with Gasteiger partial charge in [-0.1, -0.05) is 18.2 Å². The van der Waals surface area contributed by atoms with E-state index in [0.29, 0.717) is 30.2 Å². The molecule has 0 unspecified atom stereocenters. The predicted octanol–water partition coefficient (Wildman–Crippen LogP) is 1.29. The number of fused-ring (bicyclic) bond motifs is 1. The summed E-state index contributed by atoms with van der Waals surface area (Å²) in [7, 11) is -3.49. The monoisotopic (exact) mass is 349 g/mol. The molecule has 0 radical (unpaired) electrons. The van der Waals surface area contributed by atoms with Gasteiger partial charge < -0.3 is 4.90 Å². The molecule has 1 aromatic carbocycles. The summed E-state index contributed by atoms with van der Waals surface area (Å²) >= 11 is 1.38. The quantitative estimate of drug-likeness (QED) is 0.837. The highest BCUT2D eigenvalue weighted by atomic mass is 32.2. The molecule has 0 N–H and O–H groups in total. The molecule has 0 aliphatic carbocycles. The molecular formula is C15H15N3O3S2. The normalized spacial score (nSPS) is 24.3. The molecule has 23 heavy (non-hydrogen) atoms. The first kappa shape index (κ1) is 14.8. The Morgan fingerprint density at radius 1 is 1.17 bits per heavy atom. The van der Waals surface area contributed by atoms with Crippen LogP contribution in [0, 0.1) is 5.92 Å². The van der Waals surface area contributed by atoms with E-state index in [-0.39, 0.29) is 17.9 Å². The summed E-state index contributed by atoms with van der Waals surface area (Å²) in [6.45, 7) is 1.43. The fourth-order valence-electron chi connectivity index (χ4n) is 3.23. The van der Waals surface area contributed by atoms with E-state index < -0.39 is 10.0 Å². The molecular weight excluding hydrogens is 334 g/mol. The van der Waals surface area contributed by atoms with Crippen molar-refractivity contribution < 1.29 is 13.2 Å². The van der Waals surface area contributed by atoms with Gasteiger partial charge in [0.2, 0.25) is 10.0 Å². The highest BCUT2D eigenvalue weighted by Crippen LogP contribution is 2.36. The lowest BCUT2D eigenvalue weighted by atomic mass is 9.92. The van der Waals surface area contributed by atoms with Crippen LogP contribution in [0.4, 0.5) is 0 Å². The van der Waals surface area contributed by atoms with Crippen LogP contribution in [0.3, 0.4) is 0 Å². The number of thiazole rings is 1. The van der Waals surface area contributed by atoms with Gasteiger partial charge in [0.25, 0.3) is 5.91 Å².